The number of nitrogens with zero attached hydrogens (tertiary/aromatic N) is 5. The molecule has 0 aliphatic carbocycles. The molecule has 1 aromatic heterocycles. The van der Waals surface area contributed by atoms with Crippen LogP contribution in [0.5, 0.6) is 0 Å². The second kappa shape index (κ2) is 4.80. The predicted octanol–water partition coefficient (Wildman–Crippen LogP) is -0.445. The Morgan fingerprint density at radius 1 is 1.42 bits per heavy atom. The molecule has 2 N–H and O–H groups in total. The van der Waals surface area contributed by atoms with Gasteiger partial charge >= 0.3 is 0 Å². The molecule has 104 valence electrons. The third-order valence-corrected chi connectivity index (χ3v) is 4.35. The summed E-state index contributed by atoms with van der Waals surface area (Å²) in [6.45, 7) is 1.90. The van der Waals surface area contributed by atoms with Crippen molar-refractivity contribution in [1.82, 2.24) is 24.6 Å². The number of fused-ring (bicyclic) bond motifs is 2. The first-order valence-electron chi connectivity index (χ1n) is 6.78. The van der Waals surface area contributed by atoms with Gasteiger partial charge in [0, 0.05) is 25.2 Å². The van der Waals surface area contributed by atoms with Crippen LogP contribution in [-0.2, 0) is 11.3 Å². The molecule has 2 atom stereocenters. The lowest BCUT2D eigenvalue weighted by Crippen LogP contribution is -2.41. The molecule has 0 spiro atoms. The van der Waals surface area contributed by atoms with E-state index in [-0.39, 0.29) is 18.4 Å². The molecule has 0 saturated carbocycles. The van der Waals surface area contributed by atoms with Gasteiger partial charge in [-0.3, -0.25) is 9.69 Å². The Bertz CT molecular complexity index is 473. The molecule has 3 rings (SSSR count). The zero-order valence-electron chi connectivity index (χ0n) is 11.2. The molecule has 0 radical (unpaired) electrons. The predicted molar refractivity (Wildman–Crippen MR) is 70.2 cm³/mol. The monoisotopic (exact) mass is 264 g/mol. The summed E-state index contributed by atoms with van der Waals surface area (Å²) in [6.07, 6.45) is 5.03. The van der Waals surface area contributed by atoms with Crippen LogP contribution in [0, 0.1) is 0 Å². The van der Waals surface area contributed by atoms with Crippen LogP contribution in [0.25, 0.3) is 0 Å². The lowest BCUT2D eigenvalue weighted by molar-refractivity contribution is -0.132. The van der Waals surface area contributed by atoms with Crippen LogP contribution in [0.2, 0.25) is 0 Å². The van der Waals surface area contributed by atoms with E-state index < -0.39 is 0 Å². The van der Waals surface area contributed by atoms with Gasteiger partial charge in [-0.1, -0.05) is 0 Å². The molecular weight excluding hydrogens is 244 g/mol. The fraction of sp³-hybridized carbons (Fsp3) is 0.750. The van der Waals surface area contributed by atoms with Gasteiger partial charge < -0.3 is 10.6 Å². The van der Waals surface area contributed by atoms with Crippen LogP contribution < -0.4 is 5.73 Å². The van der Waals surface area contributed by atoms with Crippen LogP contribution in [-0.4, -0.2) is 62.7 Å². The van der Waals surface area contributed by atoms with E-state index in [0.717, 1.165) is 19.5 Å². The minimum atomic E-state index is 0.103. The largest absolute Gasteiger partial charge is 0.367 e. The third kappa shape index (κ3) is 2.42. The highest BCUT2D eigenvalue weighted by Crippen LogP contribution is 2.28. The van der Waals surface area contributed by atoms with E-state index in [4.69, 9.17) is 5.73 Å². The minimum absolute atomic E-state index is 0.103. The van der Waals surface area contributed by atoms with Crippen LogP contribution in [0.4, 0.5) is 5.95 Å². The molecule has 7 nitrogen and oxygen atoms in total. The van der Waals surface area contributed by atoms with E-state index in [1.54, 1.807) is 0 Å². The van der Waals surface area contributed by atoms with Crippen molar-refractivity contribution in [2.45, 2.75) is 37.9 Å². The van der Waals surface area contributed by atoms with Gasteiger partial charge in [0.15, 0.2) is 0 Å². The highest BCUT2D eigenvalue weighted by Gasteiger charge is 2.35. The first-order chi connectivity index (χ1) is 9.13. The Morgan fingerprint density at radius 2 is 2.21 bits per heavy atom. The zero-order chi connectivity index (χ0) is 13.4. The zero-order valence-corrected chi connectivity index (χ0v) is 11.2. The Labute approximate surface area is 112 Å². The molecule has 0 aromatic carbocycles. The van der Waals surface area contributed by atoms with E-state index in [2.05, 4.69) is 22.0 Å². The lowest BCUT2D eigenvalue weighted by atomic mass is 10.1. The maximum absolute atomic E-state index is 12.3. The van der Waals surface area contributed by atoms with Crippen molar-refractivity contribution in [2.75, 3.05) is 25.9 Å². The van der Waals surface area contributed by atoms with E-state index >= 15 is 0 Å². The number of carbonyl (C=O) groups excluding carboxylic acids is 1. The highest BCUT2D eigenvalue weighted by molar-refractivity contribution is 5.76. The van der Waals surface area contributed by atoms with E-state index in [1.807, 2.05) is 4.90 Å². The van der Waals surface area contributed by atoms with E-state index in [1.165, 1.54) is 23.9 Å². The number of carbonyl (C=O) groups is 1. The van der Waals surface area contributed by atoms with Gasteiger partial charge in [-0.25, -0.2) is 9.67 Å². The van der Waals surface area contributed by atoms with Crippen molar-refractivity contribution < 1.29 is 4.79 Å². The van der Waals surface area contributed by atoms with E-state index in [0.29, 0.717) is 12.1 Å². The number of anilines is 1. The molecule has 7 heteroatoms. The summed E-state index contributed by atoms with van der Waals surface area (Å²) in [5.41, 5.74) is 5.45. The van der Waals surface area contributed by atoms with Gasteiger partial charge in [0.2, 0.25) is 11.9 Å². The Kier molecular flexibility index (Phi) is 3.14. The first-order valence-corrected chi connectivity index (χ1v) is 6.78. The summed E-state index contributed by atoms with van der Waals surface area (Å²) in [7, 11) is 2.18. The summed E-state index contributed by atoms with van der Waals surface area (Å²) in [5, 5.41) is 3.96. The smallest absolute Gasteiger partial charge is 0.244 e. The van der Waals surface area contributed by atoms with Crippen LogP contribution in [0.3, 0.4) is 0 Å². The number of likely N-dealkylation sites (tertiary alicyclic amines) is 1. The Balaban J connectivity index is 1.64. The second-order valence-corrected chi connectivity index (χ2v) is 5.48. The first kappa shape index (κ1) is 12.4. The molecule has 2 fully saturated rings. The van der Waals surface area contributed by atoms with Gasteiger partial charge in [-0.2, -0.15) is 0 Å². The summed E-state index contributed by atoms with van der Waals surface area (Å²) < 4.78 is 1.50. The standard InChI is InChI=1S/C12H20N6O/c1-16-9-2-3-10(16)6-17(5-4-9)11(19)7-18-8-14-12(13)15-18/h8-10H,2-7H2,1H3,(H2,13,15). The molecule has 1 amide bonds. The topological polar surface area (TPSA) is 80.3 Å². The van der Waals surface area contributed by atoms with Crippen molar-refractivity contribution in [1.29, 1.82) is 0 Å². The molecule has 1 aromatic rings. The molecule has 2 saturated heterocycles. The van der Waals surface area contributed by atoms with Crippen molar-refractivity contribution >= 4 is 11.9 Å². The van der Waals surface area contributed by atoms with Crippen molar-refractivity contribution in [2.24, 2.45) is 0 Å². The van der Waals surface area contributed by atoms with Gasteiger partial charge in [-0.05, 0) is 26.3 Å². The summed E-state index contributed by atoms with van der Waals surface area (Å²) in [6, 6.07) is 1.15. The summed E-state index contributed by atoms with van der Waals surface area (Å²) in [4.78, 5) is 20.5. The molecule has 2 aliphatic heterocycles. The van der Waals surface area contributed by atoms with Gasteiger partial charge in [0.1, 0.15) is 12.9 Å². The molecular formula is C12H20N6O. The second-order valence-electron chi connectivity index (χ2n) is 5.48. The van der Waals surface area contributed by atoms with E-state index in [9.17, 15) is 4.79 Å². The quantitative estimate of drug-likeness (QED) is 0.783. The molecule has 2 aliphatic rings. The summed E-state index contributed by atoms with van der Waals surface area (Å²) >= 11 is 0. The average molecular weight is 264 g/mol. The molecule has 3 heterocycles. The Morgan fingerprint density at radius 3 is 2.95 bits per heavy atom. The molecule has 2 unspecified atom stereocenters. The van der Waals surface area contributed by atoms with Crippen molar-refractivity contribution in [3.63, 3.8) is 0 Å². The molecule has 19 heavy (non-hydrogen) atoms. The number of aromatic nitrogens is 3. The highest BCUT2D eigenvalue weighted by atomic mass is 16.2. The number of rotatable bonds is 2. The van der Waals surface area contributed by atoms with Gasteiger partial charge in [0.25, 0.3) is 0 Å². The fourth-order valence-corrected chi connectivity index (χ4v) is 3.16. The molecule has 2 bridgehead atoms. The maximum Gasteiger partial charge on any atom is 0.244 e. The normalized spacial score (nSPS) is 27.5. The number of nitrogens with two attached hydrogens (primary N) is 1. The third-order valence-electron chi connectivity index (χ3n) is 4.35. The number of hydrogen-bond acceptors (Lipinski definition) is 5. The van der Waals surface area contributed by atoms with Gasteiger partial charge in [-0.15, -0.1) is 5.10 Å². The number of likely N-dealkylation sites (N-methyl/N-ethyl adjacent to an activating group) is 1. The van der Waals surface area contributed by atoms with Crippen molar-refractivity contribution in [3.8, 4) is 0 Å². The number of hydrogen-bond donors (Lipinski definition) is 1. The number of amides is 1. The number of nitrogen functional groups attached to an aromatic ring is 1. The van der Waals surface area contributed by atoms with Crippen LogP contribution in [0.1, 0.15) is 19.3 Å². The fourth-order valence-electron chi connectivity index (χ4n) is 3.16. The minimum Gasteiger partial charge on any atom is -0.367 e. The maximum atomic E-state index is 12.3. The SMILES string of the molecule is CN1C2CCC1CN(C(=O)Cn1cnc(N)n1)CC2. The van der Waals surface area contributed by atoms with Crippen LogP contribution in [0.15, 0.2) is 6.33 Å². The lowest BCUT2D eigenvalue weighted by Gasteiger charge is -2.25. The summed E-state index contributed by atoms with van der Waals surface area (Å²) in [5.74, 6) is 0.313. The average Bonchev–Trinajstić information content (AvgIpc) is 2.84. The van der Waals surface area contributed by atoms with Crippen LogP contribution >= 0.6 is 0 Å². The van der Waals surface area contributed by atoms with Gasteiger partial charge in [0.05, 0.1) is 0 Å². The van der Waals surface area contributed by atoms with Crippen molar-refractivity contribution in [3.05, 3.63) is 6.33 Å². The Hall–Kier alpha value is -1.63.